The van der Waals surface area contributed by atoms with Crippen LogP contribution in [0.5, 0.6) is 0 Å². The predicted octanol–water partition coefficient (Wildman–Crippen LogP) is 3.61. The molecule has 1 N–H and O–H groups in total. The Kier molecular flexibility index (Phi) is 3.65. The van der Waals surface area contributed by atoms with Gasteiger partial charge in [0.1, 0.15) is 0 Å². The topological polar surface area (TPSA) is 49.7 Å². The van der Waals surface area contributed by atoms with E-state index in [2.05, 4.69) is 19.0 Å². The summed E-state index contributed by atoms with van der Waals surface area (Å²) in [4.78, 5) is 12.3. The molecule has 1 aromatic carbocycles. The Labute approximate surface area is 113 Å². The van der Waals surface area contributed by atoms with Gasteiger partial charge in [-0.1, -0.05) is 67.6 Å². The first-order valence-electron chi connectivity index (χ1n) is 6.25. The molecule has 0 radical (unpaired) electrons. The molecule has 3 nitrogen and oxygen atoms in total. The van der Waals surface area contributed by atoms with E-state index in [9.17, 15) is 4.79 Å². The number of benzene rings is 1. The van der Waals surface area contributed by atoms with Gasteiger partial charge in [-0.3, -0.25) is 4.79 Å². The molecule has 0 unspecified atom stereocenters. The second-order valence-corrected chi connectivity index (χ2v) is 5.33. The molecule has 1 aliphatic rings. The average molecular weight is 255 g/mol. The van der Waals surface area contributed by atoms with Gasteiger partial charge in [-0.2, -0.15) is 0 Å². The van der Waals surface area contributed by atoms with E-state index in [1.807, 2.05) is 24.3 Å². The molecule has 1 aromatic rings. The Morgan fingerprint density at radius 3 is 2.47 bits per heavy atom. The Balaban J connectivity index is 2.26. The summed E-state index contributed by atoms with van der Waals surface area (Å²) in [7, 11) is 0. The zero-order valence-electron chi connectivity index (χ0n) is 11.1. The van der Waals surface area contributed by atoms with Crippen LogP contribution in [0, 0.1) is 5.41 Å². The predicted molar refractivity (Wildman–Crippen MR) is 75.6 cm³/mol. The molecule has 0 saturated carbocycles. The van der Waals surface area contributed by atoms with Gasteiger partial charge in [0.25, 0.3) is 0 Å². The number of carbonyl (C=O) groups is 1. The van der Waals surface area contributed by atoms with Crippen LogP contribution in [-0.2, 0) is 0 Å². The second-order valence-electron chi connectivity index (χ2n) is 5.33. The molecule has 0 heterocycles. The van der Waals surface area contributed by atoms with E-state index in [4.69, 9.17) is 5.21 Å². The Morgan fingerprint density at radius 1 is 1.26 bits per heavy atom. The van der Waals surface area contributed by atoms with Crippen LogP contribution in [-0.4, -0.2) is 16.7 Å². The number of hydrogen-bond donors (Lipinski definition) is 1. The van der Waals surface area contributed by atoms with Crippen LogP contribution in [0.25, 0.3) is 0 Å². The summed E-state index contributed by atoms with van der Waals surface area (Å²) in [5.74, 6) is -0.265. The maximum atomic E-state index is 12.3. The van der Waals surface area contributed by atoms with Crippen LogP contribution >= 0.6 is 0 Å². The van der Waals surface area contributed by atoms with Crippen molar-refractivity contribution in [1.82, 2.24) is 0 Å². The first kappa shape index (κ1) is 13.3. The van der Waals surface area contributed by atoms with Gasteiger partial charge < -0.3 is 5.21 Å². The first-order chi connectivity index (χ1) is 9.03. The van der Waals surface area contributed by atoms with Crippen molar-refractivity contribution in [1.29, 1.82) is 0 Å². The summed E-state index contributed by atoms with van der Waals surface area (Å²) >= 11 is 0. The van der Waals surface area contributed by atoms with Crippen molar-refractivity contribution in [2.24, 2.45) is 10.6 Å². The number of Topliss-reactive ketones (excluding diaryl/α,β-unsaturated/α-hetero) is 1. The van der Waals surface area contributed by atoms with E-state index in [1.165, 1.54) is 0 Å². The van der Waals surface area contributed by atoms with Crippen LogP contribution in [0.15, 0.2) is 59.3 Å². The van der Waals surface area contributed by atoms with Gasteiger partial charge in [0.2, 0.25) is 5.78 Å². The highest BCUT2D eigenvalue weighted by Crippen LogP contribution is 2.29. The van der Waals surface area contributed by atoms with E-state index in [0.717, 1.165) is 6.42 Å². The van der Waals surface area contributed by atoms with Crippen molar-refractivity contribution in [2.75, 3.05) is 0 Å². The summed E-state index contributed by atoms with van der Waals surface area (Å²) in [6, 6.07) is 8.84. The van der Waals surface area contributed by atoms with Crippen molar-refractivity contribution < 1.29 is 10.0 Å². The van der Waals surface area contributed by atoms with Crippen LogP contribution in [0.1, 0.15) is 30.6 Å². The average Bonchev–Trinajstić information content (AvgIpc) is 2.42. The molecule has 0 bridgehead atoms. The number of allylic oxidation sites excluding steroid dienone is 4. The minimum atomic E-state index is -0.265. The lowest BCUT2D eigenvalue weighted by atomic mass is 9.82. The molecule has 0 aromatic heterocycles. The molecule has 0 amide bonds. The maximum absolute atomic E-state index is 12.3. The number of hydrogen-bond acceptors (Lipinski definition) is 3. The molecule has 0 spiro atoms. The van der Waals surface area contributed by atoms with E-state index in [1.54, 1.807) is 24.3 Å². The van der Waals surface area contributed by atoms with Crippen molar-refractivity contribution in [3.05, 3.63) is 59.7 Å². The van der Waals surface area contributed by atoms with Crippen molar-refractivity contribution in [3.63, 3.8) is 0 Å². The van der Waals surface area contributed by atoms with E-state index < -0.39 is 0 Å². The highest BCUT2D eigenvalue weighted by Gasteiger charge is 2.22. The fourth-order valence-corrected chi connectivity index (χ4v) is 1.96. The number of ketones is 1. The van der Waals surface area contributed by atoms with Gasteiger partial charge in [0, 0.05) is 11.1 Å². The zero-order valence-corrected chi connectivity index (χ0v) is 11.1. The highest BCUT2D eigenvalue weighted by molar-refractivity contribution is 6.51. The van der Waals surface area contributed by atoms with E-state index >= 15 is 0 Å². The third-order valence-electron chi connectivity index (χ3n) is 3.19. The SMILES string of the molecule is CC1(C)C=CC(C(=NO)C(=O)c2ccccc2)=CC1. The number of rotatable bonds is 3. The summed E-state index contributed by atoms with van der Waals surface area (Å²) < 4.78 is 0. The number of oxime groups is 1. The zero-order chi connectivity index (χ0) is 13.9. The van der Waals surface area contributed by atoms with Crippen molar-refractivity contribution in [2.45, 2.75) is 20.3 Å². The Bertz CT molecular complexity index is 566. The van der Waals surface area contributed by atoms with Gasteiger partial charge in [-0.25, -0.2) is 0 Å². The molecule has 1 aliphatic carbocycles. The molecule has 0 aliphatic heterocycles. The smallest absolute Gasteiger partial charge is 0.215 e. The van der Waals surface area contributed by atoms with Crippen LogP contribution < -0.4 is 0 Å². The molecule has 19 heavy (non-hydrogen) atoms. The molecule has 2 rings (SSSR count). The summed E-state index contributed by atoms with van der Waals surface area (Å²) in [5, 5.41) is 12.3. The molecule has 0 saturated heterocycles. The molecule has 0 atom stereocenters. The minimum absolute atomic E-state index is 0.0832. The van der Waals surface area contributed by atoms with E-state index in [-0.39, 0.29) is 16.9 Å². The van der Waals surface area contributed by atoms with Gasteiger partial charge >= 0.3 is 0 Å². The third kappa shape index (κ3) is 2.99. The van der Waals surface area contributed by atoms with Gasteiger partial charge in [0.15, 0.2) is 5.71 Å². The Morgan fingerprint density at radius 2 is 1.95 bits per heavy atom. The fourth-order valence-electron chi connectivity index (χ4n) is 1.96. The fraction of sp³-hybridized carbons (Fsp3) is 0.250. The molecule has 98 valence electrons. The summed E-state index contributed by atoms with van der Waals surface area (Å²) in [6.07, 6.45) is 6.64. The largest absolute Gasteiger partial charge is 0.410 e. The minimum Gasteiger partial charge on any atom is -0.410 e. The molecular weight excluding hydrogens is 238 g/mol. The quantitative estimate of drug-likeness (QED) is 0.388. The lowest BCUT2D eigenvalue weighted by Gasteiger charge is -2.22. The van der Waals surface area contributed by atoms with Gasteiger partial charge in [-0.15, -0.1) is 0 Å². The second kappa shape index (κ2) is 5.22. The summed E-state index contributed by atoms with van der Waals surface area (Å²) in [5.41, 5.74) is 1.38. The highest BCUT2D eigenvalue weighted by atomic mass is 16.4. The molecule has 3 heteroatoms. The van der Waals surface area contributed by atoms with Crippen molar-refractivity contribution >= 4 is 11.5 Å². The number of nitrogens with zero attached hydrogens (tertiary/aromatic N) is 1. The maximum Gasteiger partial charge on any atom is 0.215 e. The lowest BCUT2D eigenvalue weighted by Crippen LogP contribution is -2.19. The monoisotopic (exact) mass is 255 g/mol. The lowest BCUT2D eigenvalue weighted by molar-refractivity contribution is 0.106. The number of carbonyl (C=O) groups excluding carboxylic acids is 1. The summed E-state index contributed by atoms with van der Waals surface area (Å²) in [6.45, 7) is 4.23. The standard InChI is InChI=1S/C16H17NO2/c1-16(2)10-8-12(9-11-16)14(17-19)15(18)13-6-4-3-5-7-13/h3-10,19H,11H2,1-2H3. The third-order valence-corrected chi connectivity index (χ3v) is 3.19. The van der Waals surface area contributed by atoms with Crippen LogP contribution in [0.3, 0.4) is 0 Å². The molecular formula is C16H17NO2. The van der Waals surface area contributed by atoms with Crippen molar-refractivity contribution in [3.8, 4) is 0 Å². The normalized spacial score (nSPS) is 18.0. The van der Waals surface area contributed by atoms with Gasteiger partial charge in [-0.05, 0) is 11.8 Å². The Hall–Kier alpha value is -2.16. The van der Waals surface area contributed by atoms with Crippen LogP contribution in [0.2, 0.25) is 0 Å². The first-order valence-corrected chi connectivity index (χ1v) is 6.25. The molecule has 0 fully saturated rings. The van der Waals surface area contributed by atoms with E-state index in [0.29, 0.717) is 11.1 Å². The van der Waals surface area contributed by atoms with Crippen LogP contribution in [0.4, 0.5) is 0 Å². The van der Waals surface area contributed by atoms with Gasteiger partial charge in [0.05, 0.1) is 0 Å².